The molecule has 16 heavy (non-hydrogen) atoms. The lowest BCUT2D eigenvalue weighted by Gasteiger charge is -2.41. The molecule has 1 heterocycles. The van der Waals surface area contributed by atoms with Gasteiger partial charge in [0.25, 0.3) is 0 Å². The van der Waals surface area contributed by atoms with Crippen LogP contribution in [0.15, 0.2) is 12.1 Å². The van der Waals surface area contributed by atoms with Gasteiger partial charge in [-0.2, -0.15) is 0 Å². The Morgan fingerprint density at radius 2 is 1.88 bits per heavy atom. The van der Waals surface area contributed by atoms with Crippen LogP contribution in [0.1, 0.15) is 5.56 Å². The normalized spacial score (nSPS) is 18.0. The van der Waals surface area contributed by atoms with Gasteiger partial charge in [0.15, 0.2) is 0 Å². The van der Waals surface area contributed by atoms with E-state index in [4.69, 9.17) is 37.4 Å². The maximum atomic E-state index is 6.18. The number of benzene rings is 1. The molecule has 0 aliphatic carbocycles. The molecule has 88 valence electrons. The molecular weight excluding hydrogens is 251 g/mol. The first kappa shape index (κ1) is 12.0. The monoisotopic (exact) mass is 262 g/mol. The van der Waals surface area contributed by atoms with Gasteiger partial charge in [-0.15, -0.1) is 0 Å². The van der Waals surface area contributed by atoms with Gasteiger partial charge in [-0.3, -0.25) is 0 Å². The zero-order chi connectivity index (χ0) is 11.8. The van der Waals surface area contributed by atoms with Gasteiger partial charge in [-0.25, -0.2) is 0 Å². The molecule has 1 aliphatic heterocycles. The highest BCUT2D eigenvalue weighted by Crippen LogP contribution is 2.41. The van der Waals surface area contributed by atoms with E-state index in [-0.39, 0.29) is 0 Å². The summed E-state index contributed by atoms with van der Waals surface area (Å²) in [6.45, 7) is 0.984. The van der Waals surface area contributed by atoms with E-state index in [9.17, 15) is 0 Å². The highest BCUT2D eigenvalue weighted by atomic mass is 35.5. The van der Waals surface area contributed by atoms with E-state index < -0.39 is 5.60 Å². The molecule has 0 unspecified atom stereocenters. The van der Waals surface area contributed by atoms with Crippen molar-refractivity contribution in [3.63, 3.8) is 0 Å². The van der Waals surface area contributed by atoms with Crippen molar-refractivity contribution in [1.29, 1.82) is 0 Å². The Labute approximate surface area is 104 Å². The Kier molecular flexibility index (Phi) is 3.31. The molecule has 2 rings (SSSR count). The molecule has 3 nitrogen and oxygen atoms in total. The van der Waals surface area contributed by atoms with Crippen LogP contribution in [-0.4, -0.2) is 27.4 Å². The van der Waals surface area contributed by atoms with Gasteiger partial charge in [0.05, 0.1) is 30.4 Å². The van der Waals surface area contributed by atoms with Crippen LogP contribution in [0.5, 0.6) is 5.75 Å². The second kappa shape index (κ2) is 4.41. The first-order valence-electron chi connectivity index (χ1n) is 4.79. The maximum Gasteiger partial charge on any atom is 0.141 e. The lowest BCUT2D eigenvalue weighted by atomic mass is 9.91. The molecule has 0 amide bonds. The number of hydrogen-bond acceptors (Lipinski definition) is 3. The smallest absolute Gasteiger partial charge is 0.141 e. The Morgan fingerprint density at radius 3 is 2.31 bits per heavy atom. The molecule has 1 aromatic rings. The summed E-state index contributed by atoms with van der Waals surface area (Å²) in [6, 6.07) is 3.47. The fraction of sp³-hybridized carbons (Fsp3) is 0.455. The quantitative estimate of drug-likeness (QED) is 0.839. The molecule has 0 N–H and O–H groups in total. The molecule has 0 radical (unpaired) electrons. The molecular formula is C11H12Cl2O3. The maximum absolute atomic E-state index is 6.18. The van der Waals surface area contributed by atoms with Gasteiger partial charge >= 0.3 is 0 Å². The molecule has 0 aromatic heterocycles. The summed E-state index contributed by atoms with van der Waals surface area (Å²) < 4.78 is 15.7. The number of rotatable bonds is 3. The minimum atomic E-state index is -0.465. The lowest BCUT2D eigenvalue weighted by Crippen LogP contribution is -2.48. The molecule has 1 aliphatic rings. The Balaban J connectivity index is 2.45. The molecule has 0 bridgehead atoms. The van der Waals surface area contributed by atoms with Gasteiger partial charge in [0.2, 0.25) is 0 Å². The van der Waals surface area contributed by atoms with Crippen LogP contribution in [0, 0.1) is 0 Å². The van der Waals surface area contributed by atoms with Crippen molar-refractivity contribution in [2.24, 2.45) is 0 Å². The average Bonchev–Trinajstić information content (AvgIpc) is 2.22. The minimum absolute atomic E-state index is 0.465. The first-order valence-corrected chi connectivity index (χ1v) is 5.55. The van der Waals surface area contributed by atoms with Gasteiger partial charge in [-0.1, -0.05) is 23.2 Å². The molecule has 5 heteroatoms. The molecule has 0 spiro atoms. The molecule has 1 aromatic carbocycles. The van der Waals surface area contributed by atoms with E-state index in [2.05, 4.69) is 0 Å². The Morgan fingerprint density at radius 1 is 1.19 bits per heavy atom. The summed E-state index contributed by atoms with van der Waals surface area (Å²) in [7, 11) is 3.19. The van der Waals surface area contributed by atoms with E-state index in [1.165, 1.54) is 0 Å². The van der Waals surface area contributed by atoms with Crippen LogP contribution in [0.2, 0.25) is 10.0 Å². The van der Waals surface area contributed by atoms with Gasteiger partial charge in [0.1, 0.15) is 11.4 Å². The number of hydrogen-bond donors (Lipinski definition) is 0. The van der Waals surface area contributed by atoms with Gasteiger partial charge < -0.3 is 14.2 Å². The second-order valence-corrected chi connectivity index (χ2v) is 4.47. The highest BCUT2D eigenvalue weighted by molar-refractivity contribution is 6.34. The van der Waals surface area contributed by atoms with E-state index in [0.29, 0.717) is 29.0 Å². The van der Waals surface area contributed by atoms with E-state index in [1.54, 1.807) is 26.4 Å². The number of methoxy groups -OCH3 is 2. The minimum Gasteiger partial charge on any atom is -0.495 e. The Bertz CT molecular complexity index is 397. The van der Waals surface area contributed by atoms with Crippen molar-refractivity contribution in [2.45, 2.75) is 5.60 Å². The van der Waals surface area contributed by atoms with Crippen molar-refractivity contribution >= 4 is 23.2 Å². The van der Waals surface area contributed by atoms with Crippen LogP contribution in [0.4, 0.5) is 0 Å². The largest absolute Gasteiger partial charge is 0.495 e. The SMILES string of the molecule is COc1cc(Cl)c(C2(OC)COC2)cc1Cl. The Hall–Kier alpha value is -0.480. The summed E-state index contributed by atoms with van der Waals surface area (Å²) in [5.74, 6) is 0.557. The lowest BCUT2D eigenvalue weighted by molar-refractivity contribution is -0.202. The number of halogens is 2. The van der Waals surface area contributed by atoms with Crippen molar-refractivity contribution < 1.29 is 14.2 Å². The van der Waals surface area contributed by atoms with Crippen molar-refractivity contribution in [1.82, 2.24) is 0 Å². The van der Waals surface area contributed by atoms with Crippen LogP contribution in [0.25, 0.3) is 0 Å². The van der Waals surface area contributed by atoms with Gasteiger partial charge in [-0.05, 0) is 6.07 Å². The fourth-order valence-corrected chi connectivity index (χ4v) is 2.27. The third kappa shape index (κ3) is 1.78. The van der Waals surface area contributed by atoms with Crippen molar-refractivity contribution in [3.05, 3.63) is 27.7 Å². The molecule has 1 fully saturated rings. The summed E-state index contributed by atoms with van der Waals surface area (Å²) in [6.07, 6.45) is 0. The zero-order valence-corrected chi connectivity index (χ0v) is 10.6. The van der Waals surface area contributed by atoms with Gasteiger partial charge in [0, 0.05) is 18.7 Å². The summed E-state index contributed by atoms with van der Waals surface area (Å²) >= 11 is 12.2. The number of ether oxygens (including phenoxy) is 3. The molecule has 1 saturated heterocycles. The topological polar surface area (TPSA) is 27.7 Å². The summed E-state index contributed by atoms with van der Waals surface area (Å²) in [4.78, 5) is 0. The van der Waals surface area contributed by atoms with Crippen LogP contribution in [-0.2, 0) is 15.1 Å². The highest BCUT2D eigenvalue weighted by Gasteiger charge is 2.42. The molecule has 0 saturated carbocycles. The third-order valence-electron chi connectivity index (χ3n) is 2.79. The predicted molar refractivity (Wildman–Crippen MR) is 62.5 cm³/mol. The first-order chi connectivity index (χ1) is 7.63. The molecule has 0 atom stereocenters. The zero-order valence-electron chi connectivity index (χ0n) is 9.05. The third-order valence-corrected chi connectivity index (χ3v) is 3.40. The van der Waals surface area contributed by atoms with E-state index in [0.717, 1.165) is 5.56 Å². The standard InChI is InChI=1S/C11H12Cl2O3/c1-14-10-4-8(12)7(3-9(10)13)11(15-2)5-16-6-11/h3-4H,5-6H2,1-2H3. The van der Waals surface area contributed by atoms with Crippen LogP contribution >= 0.6 is 23.2 Å². The fourth-order valence-electron chi connectivity index (χ4n) is 1.70. The van der Waals surface area contributed by atoms with Crippen LogP contribution < -0.4 is 4.74 Å². The summed E-state index contributed by atoms with van der Waals surface area (Å²) in [5, 5.41) is 1.09. The second-order valence-electron chi connectivity index (χ2n) is 3.66. The van der Waals surface area contributed by atoms with E-state index in [1.807, 2.05) is 0 Å². The predicted octanol–water partition coefficient (Wildman–Crippen LogP) is 2.87. The average molecular weight is 263 g/mol. The van der Waals surface area contributed by atoms with E-state index >= 15 is 0 Å². The summed E-state index contributed by atoms with van der Waals surface area (Å²) in [5.41, 5.74) is 0.376. The van der Waals surface area contributed by atoms with Crippen LogP contribution in [0.3, 0.4) is 0 Å². The van der Waals surface area contributed by atoms with Crippen molar-refractivity contribution in [2.75, 3.05) is 27.4 Å². The van der Waals surface area contributed by atoms with Crippen molar-refractivity contribution in [3.8, 4) is 5.75 Å².